The Morgan fingerprint density at radius 1 is 0.254 bits per heavy atom. The Morgan fingerprint density at radius 3 is 1.06 bits per heavy atom. The van der Waals surface area contributed by atoms with Crippen LogP contribution in [-0.2, 0) is 10.8 Å². The Hall–Kier alpha value is -11.9. The zero-order valence-corrected chi connectivity index (χ0v) is 69.1. The van der Waals surface area contributed by atoms with Gasteiger partial charge in [0.1, 0.15) is 11.5 Å². The highest BCUT2D eigenvalue weighted by atomic mass is 16.5. The Balaban J connectivity index is 0.868. The minimum absolute atomic E-state index is 0.140. The van der Waals surface area contributed by atoms with E-state index in [2.05, 4.69) is 363 Å². The van der Waals surface area contributed by atoms with Crippen LogP contribution in [0, 0.1) is 104 Å². The fourth-order valence-electron chi connectivity index (χ4n) is 23.8. The van der Waals surface area contributed by atoms with Crippen LogP contribution in [0.3, 0.4) is 0 Å². The Bertz CT molecular complexity index is 6700. The van der Waals surface area contributed by atoms with E-state index < -0.39 is 0 Å². The monoisotopic (exact) mass is 1470 g/mol. The molecule has 14 aromatic rings. The van der Waals surface area contributed by atoms with Gasteiger partial charge in [0.05, 0.1) is 22.7 Å². The number of aryl methyl sites for hydroxylation is 15. The van der Waals surface area contributed by atoms with Crippen LogP contribution in [0.5, 0.6) is 11.5 Å². The summed E-state index contributed by atoms with van der Waals surface area (Å²) in [6.07, 6.45) is 0. The second-order valence-corrected chi connectivity index (χ2v) is 36.2. The standard InChI is InChI=1S/C105H92B3N5O/c1-54-34-59(6)94(60(7)35-54)69-44-83-97-88(45-69)110-84-32-22-20-26-72(84)104(16,17)74-28-24-30-76(102(74)110)106(97)78-50-79-86(52-82(78)109-83)112(100-65(12)40-57(4)41-66(100)13)91-48-71(96-63(10)38-56(3)39-64(96)11)49-93-99(91)108(79)81-51-80-87(53-92(81)114-93)113(101-67(14)42-58(5)43-68(101)15)90-47-70(95-61(8)36-55(2)37-62(95)9)46-89-98(90)107(80)77-31-25-29-75-103(77)111(89)85-33-23-21-27-73(85)105(75,18)19/h20-53,109H,1-19H3. The van der Waals surface area contributed by atoms with E-state index >= 15 is 0 Å². The first-order chi connectivity index (χ1) is 54.7. The van der Waals surface area contributed by atoms with Gasteiger partial charge in [-0.15, -0.1) is 0 Å². The third-order valence-corrected chi connectivity index (χ3v) is 27.6. The highest BCUT2D eigenvalue weighted by Gasteiger charge is 2.54. The number of benzene rings is 14. The second kappa shape index (κ2) is 23.6. The zero-order chi connectivity index (χ0) is 78.4. The van der Waals surface area contributed by atoms with Crippen LogP contribution in [0.25, 0.3) is 33.4 Å². The Labute approximate surface area is 673 Å². The number of ether oxygens (including phenoxy) is 1. The molecule has 0 atom stereocenters. The van der Waals surface area contributed by atoms with Crippen molar-refractivity contribution in [3.05, 3.63) is 312 Å². The van der Waals surface area contributed by atoms with Crippen LogP contribution >= 0.6 is 0 Å². The molecule has 1 N–H and O–H groups in total. The quantitative estimate of drug-likeness (QED) is 0.173. The largest absolute Gasteiger partial charge is 0.458 e. The lowest BCUT2D eigenvalue weighted by atomic mass is 9.29. The molecule has 22 rings (SSSR count). The van der Waals surface area contributed by atoms with Crippen LogP contribution in [0.2, 0.25) is 0 Å². The zero-order valence-electron chi connectivity index (χ0n) is 69.1. The van der Waals surface area contributed by atoms with Crippen molar-refractivity contribution in [2.45, 2.75) is 142 Å². The first-order valence-corrected chi connectivity index (χ1v) is 41.1. The number of hydrogen-bond donors (Lipinski definition) is 1. The van der Waals surface area contributed by atoms with E-state index in [1.54, 1.807) is 0 Å². The Kier molecular flexibility index (Phi) is 14.3. The highest BCUT2D eigenvalue weighted by molar-refractivity contribution is 7.04. The number of fused-ring (bicyclic) bond motifs is 16. The van der Waals surface area contributed by atoms with Crippen molar-refractivity contribution in [2.75, 3.05) is 24.9 Å². The van der Waals surface area contributed by atoms with Gasteiger partial charge in [0, 0.05) is 73.8 Å². The molecule has 0 bridgehead atoms. The Morgan fingerprint density at radius 2 is 0.605 bits per heavy atom. The number of anilines is 14. The van der Waals surface area contributed by atoms with Gasteiger partial charge in [-0.05, 0) is 319 Å². The molecule has 0 saturated carbocycles. The molecule has 6 nitrogen and oxygen atoms in total. The number of nitrogens with one attached hydrogen (secondary N) is 1. The van der Waals surface area contributed by atoms with Gasteiger partial charge in [-0.3, -0.25) is 0 Å². The first kappa shape index (κ1) is 68.8. The third-order valence-electron chi connectivity index (χ3n) is 27.6. The molecule has 0 amide bonds. The first-order valence-electron chi connectivity index (χ1n) is 41.1. The van der Waals surface area contributed by atoms with Crippen molar-refractivity contribution in [2.24, 2.45) is 0 Å². The van der Waals surface area contributed by atoms with Crippen LogP contribution in [0.1, 0.15) is 133 Å². The predicted octanol–water partition coefficient (Wildman–Crippen LogP) is 21.4. The molecule has 0 spiro atoms. The maximum absolute atomic E-state index is 8.18. The molecule has 14 aromatic carbocycles. The maximum atomic E-state index is 8.18. The fraction of sp³-hybridized carbons (Fsp3) is 0.200. The van der Waals surface area contributed by atoms with E-state index in [-0.39, 0.29) is 31.0 Å². The van der Waals surface area contributed by atoms with Gasteiger partial charge >= 0.3 is 0 Å². The summed E-state index contributed by atoms with van der Waals surface area (Å²) in [6, 6.07) is 82.3. The van der Waals surface area contributed by atoms with E-state index in [1.807, 2.05) is 0 Å². The summed E-state index contributed by atoms with van der Waals surface area (Å²) in [5, 5.41) is 4.39. The summed E-state index contributed by atoms with van der Waals surface area (Å²) in [4.78, 5) is 10.7. The van der Waals surface area contributed by atoms with Gasteiger partial charge in [0.2, 0.25) is 0 Å². The summed E-state index contributed by atoms with van der Waals surface area (Å²) in [5.74, 6) is 1.76. The smallest absolute Gasteiger partial charge is 0.256 e. The molecule has 0 fully saturated rings. The molecule has 9 heteroatoms. The topological polar surface area (TPSA) is 34.2 Å². The normalized spacial score (nSPS) is 15.0. The number of rotatable bonds is 5. The van der Waals surface area contributed by atoms with E-state index in [0.29, 0.717) is 0 Å². The number of nitrogens with zero attached hydrogens (tertiary/aromatic N) is 4. The molecule has 0 aromatic heterocycles. The molecule has 8 aliphatic heterocycles. The average Bonchev–Trinajstić information content (AvgIpc) is 0.691. The van der Waals surface area contributed by atoms with Gasteiger partial charge in [-0.1, -0.05) is 201 Å². The van der Waals surface area contributed by atoms with Gasteiger partial charge in [0.15, 0.2) is 0 Å². The van der Waals surface area contributed by atoms with Crippen molar-refractivity contribution in [1.82, 2.24) is 0 Å². The van der Waals surface area contributed by atoms with Crippen LogP contribution in [0.4, 0.5) is 79.6 Å². The molecule has 0 saturated heterocycles. The summed E-state index contributed by atoms with van der Waals surface area (Å²) >= 11 is 0. The SMILES string of the molecule is Cc1cc(C)c(-c2cc3c4c(c2)N2c5ccccc5C(C)(C)c5cccc(c52)B4c2cc4c(cc2N3)N(c2c(C)cc(C)cc2C)c2cc(-c3c(C)cc(C)cc3C)cc3c2B4c2cc4c(cc2O3)N(c2c(C)cc(C)cc2C)c2cc(-c3c(C)cc(C)cc3C)cc3c2B4c2cccc4c2N3c2ccccc2C4(C)C)c(C)c1. The van der Waals surface area contributed by atoms with Crippen molar-refractivity contribution in [3.63, 3.8) is 0 Å². The number of hydrogen-bond acceptors (Lipinski definition) is 6. The molecule has 0 unspecified atom stereocenters. The lowest BCUT2D eigenvalue weighted by Gasteiger charge is -2.50. The molecule has 552 valence electrons. The van der Waals surface area contributed by atoms with E-state index in [0.717, 1.165) is 45.5 Å². The lowest BCUT2D eigenvalue weighted by molar-refractivity contribution is 0.488. The molecule has 114 heavy (non-hydrogen) atoms. The van der Waals surface area contributed by atoms with Gasteiger partial charge < -0.3 is 29.7 Å². The van der Waals surface area contributed by atoms with Gasteiger partial charge in [-0.25, -0.2) is 0 Å². The van der Waals surface area contributed by atoms with E-state index in [1.165, 1.54) is 234 Å². The van der Waals surface area contributed by atoms with Crippen molar-refractivity contribution in [1.29, 1.82) is 0 Å². The molecule has 8 aliphatic rings. The van der Waals surface area contributed by atoms with Crippen molar-refractivity contribution < 1.29 is 4.74 Å². The number of para-hydroxylation sites is 4. The highest BCUT2D eigenvalue weighted by Crippen LogP contribution is 2.59. The van der Waals surface area contributed by atoms with E-state index in [9.17, 15) is 0 Å². The summed E-state index contributed by atoms with van der Waals surface area (Å²) in [5.41, 5.74) is 59.1. The summed E-state index contributed by atoms with van der Waals surface area (Å²) in [6.45, 7) is 43.5. The van der Waals surface area contributed by atoms with Crippen LogP contribution in [-0.4, -0.2) is 20.1 Å². The van der Waals surface area contributed by atoms with E-state index in [4.69, 9.17) is 4.74 Å². The van der Waals surface area contributed by atoms with Crippen LogP contribution < -0.4 is 78.8 Å². The predicted molar refractivity (Wildman–Crippen MR) is 487 cm³/mol. The minimum Gasteiger partial charge on any atom is -0.458 e. The maximum Gasteiger partial charge on any atom is 0.256 e. The molecule has 0 aliphatic carbocycles. The van der Waals surface area contributed by atoms with Gasteiger partial charge in [0.25, 0.3) is 20.1 Å². The minimum atomic E-state index is -0.308. The van der Waals surface area contributed by atoms with Crippen molar-refractivity contribution in [3.8, 4) is 44.9 Å². The molecular weight excluding hydrogens is 1380 g/mol. The lowest BCUT2D eigenvalue weighted by Crippen LogP contribution is -2.66. The van der Waals surface area contributed by atoms with Crippen molar-refractivity contribution >= 4 is 149 Å². The third kappa shape index (κ3) is 9.24. The average molecular weight is 1470 g/mol. The molecule has 8 heterocycles. The summed E-state index contributed by atoms with van der Waals surface area (Å²) in [7, 11) is 0. The molecular formula is C105H92B3N5O. The second-order valence-electron chi connectivity index (χ2n) is 36.2. The van der Waals surface area contributed by atoms with Crippen LogP contribution in [0.15, 0.2) is 206 Å². The van der Waals surface area contributed by atoms with Gasteiger partial charge in [-0.2, -0.15) is 0 Å². The fourth-order valence-corrected chi connectivity index (χ4v) is 23.8. The summed E-state index contributed by atoms with van der Waals surface area (Å²) < 4.78 is 8.18. The molecule has 0 radical (unpaired) electrons.